The minimum atomic E-state index is -1.09. The molecule has 4 aliphatic carbocycles. The molecule has 0 aromatic heterocycles. The van der Waals surface area contributed by atoms with E-state index in [9.17, 15) is 14.4 Å². The van der Waals surface area contributed by atoms with Crippen molar-refractivity contribution in [3.05, 3.63) is 0 Å². The molecule has 4 rings (SSSR count). The molecule has 7 heteroatoms. The van der Waals surface area contributed by atoms with Crippen LogP contribution in [0.3, 0.4) is 0 Å². The largest absolute Gasteiger partial charge is 0.479 e. The van der Waals surface area contributed by atoms with Crippen molar-refractivity contribution in [2.45, 2.75) is 60.3 Å². The summed E-state index contributed by atoms with van der Waals surface area (Å²) < 4.78 is 15.3. The Hall–Kier alpha value is -1.63. The van der Waals surface area contributed by atoms with Gasteiger partial charge in [-0.05, 0) is 80.0 Å². The number of carbonyl (C=O) groups is 3. The van der Waals surface area contributed by atoms with Crippen LogP contribution < -0.4 is 0 Å². The second kappa shape index (κ2) is 11.2. The number of carbonyl (C=O) groups excluding carboxylic acids is 2. The molecule has 4 aliphatic rings. The molecule has 1 N–H and O–H groups in total. The highest BCUT2D eigenvalue weighted by molar-refractivity contribution is 5.77. The summed E-state index contributed by atoms with van der Waals surface area (Å²) in [5.41, 5.74) is 0. The Balaban J connectivity index is 0.000000186. The quantitative estimate of drug-likeness (QED) is 0.426. The maximum atomic E-state index is 12.0. The average molecular weight is 467 g/mol. The molecule has 0 aliphatic heterocycles. The highest BCUT2D eigenvalue weighted by Gasteiger charge is 2.52. The van der Waals surface area contributed by atoms with Crippen LogP contribution in [-0.2, 0) is 28.6 Å². The van der Waals surface area contributed by atoms with Crippen LogP contribution in [0.1, 0.15) is 60.3 Å². The van der Waals surface area contributed by atoms with Gasteiger partial charge in [-0.3, -0.25) is 9.59 Å². The summed E-state index contributed by atoms with van der Waals surface area (Å²) in [6, 6.07) is 0. The molecule has 0 saturated heterocycles. The topological polar surface area (TPSA) is 99.1 Å². The predicted molar refractivity (Wildman–Crippen MR) is 122 cm³/mol. The van der Waals surface area contributed by atoms with Crippen LogP contribution in [-0.4, -0.2) is 49.4 Å². The fourth-order valence-electron chi connectivity index (χ4n) is 7.12. The van der Waals surface area contributed by atoms with Gasteiger partial charge in [0.15, 0.2) is 6.61 Å². The van der Waals surface area contributed by atoms with Gasteiger partial charge in [-0.2, -0.15) is 0 Å². The van der Waals surface area contributed by atoms with Gasteiger partial charge in [-0.25, -0.2) is 4.79 Å². The standard InChI is InChI=1S/C14H24O3.C12H18O4/c1-4-16-5-6-17-14(15)13-8-11-7-12(13)10(3)9(11)2;1-6-7(2)9-3-8(6)4-10(9)12(15)16-5-11(13)14/h9-13H,4-8H2,1-3H3;6-10H,3-5H2,1-2H3,(H,13,14). The number of fused-ring (bicyclic) bond motifs is 4. The molecule has 0 spiro atoms. The van der Waals surface area contributed by atoms with E-state index >= 15 is 0 Å². The molecule has 0 aromatic rings. The second-order valence-corrected chi connectivity index (χ2v) is 10.8. The first-order valence-electron chi connectivity index (χ1n) is 12.8. The molecule has 7 nitrogen and oxygen atoms in total. The van der Waals surface area contributed by atoms with Crippen molar-refractivity contribution in [3.63, 3.8) is 0 Å². The molecule has 4 fully saturated rings. The number of hydrogen-bond donors (Lipinski definition) is 1. The molecule has 0 amide bonds. The zero-order chi connectivity index (χ0) is 24.3. The summed E-state index contributed by atoms with van der Waals surface area (Å²) in [5.74, 6) is 3.77. The van der Waals surface area contributed by atoms with Crippen molar-refractivity contribution in [1.29, 1.82) is 0 Å². The maximum absolute atomic E-state index is 12.0. The lowest BCUT2D eigenvalue weighted by Gasteiger charge is -2.30. The normalized spacial score (nSPS) is 40.3. The lowest BCUT2D eigenvalue weighted by molar-refractivity contribution is -0.160. The minimum Gasteiger partial charge on any atom is -0.479 e. The highest BCUT2D eigenvalue weighted by atomic mass is 16.6. The molecular weight excluding hydrogens is 424 g/mol. The van der Waals surface area contributed by atoms with Crippen LogP contribution in [0.4, 0.5) is 0 Å². The number of rotatable bonds is 8. The van der Waals surface area contributed by atoms with Crippen LogP contribution >= 0.6 is 0 Å². The summed E-state index contributed by atoms with van der Waals surface area (Å²) in [6.45, 7) is 12.1. The predicted octanol–water partition coefficient (Wildman–Crippen LogP) is 4.04. The summed E-state index contributed by atoms with van der Waals surface area (Å²) >= 11 is 0. The number of esters is 2. The Morgan fingerprint density at radius 3 is 1.61 bits per heavy atom. The smallest absolute Gasteiger partial charge is 0.341 e. The number of hydrogen-bond acceptors (Lipinski definition) is 6. The summed E-state index contributed by atoms with van der Waals surface area (Å²) in [7, 11) is 0. The van der Waals surface area contributed by atoms with Gasteiger partial charge in [0, 0.05) is 6.61 Å². The highest BCUT2D eigenvalue weighted by Crippen LogP contribution is 2.56. The third-order valence-corrected chi connectivity index (χ3v) is 9.41. The van der Waals surface area contributed by atoms with Crippen LogP contribution in [0.15, 0.2) is 0 Å². The van der Waals surface area contributed by atoms with Gasteiger partial charge < -0.3 is 19.3 Å². The maximum Gasteiger partial charge on any atom is 0.341 e. The Bertz CT molecular complexity index is 703. The molecular formula is C26H42O7. The van der Waals surface area contributed by atoms with Crippen LogP contribution in [0.2, 0.25) is 0 Å². The first-order chi connectivity index (χ1) is 15.6. The summed E-state index contributed by atoms with van der Waals surface area (Å²) in [5, 5.41) is 8.45. The summed E-state index contributed by atoms with van der Waals surface area (Å²) in [4.78, 5) is 34.0. The SMILES string of the molecule is CC1C2CC(C(=O)OCC(=O)O)C(C2)C1C.CCOCCOC(=O)C1CC2CC1C(C)C2C. The number of carboxylic acids is 1. The average Bonchev–Trinajstić information content (AvgIpc) is 3.53. The van der Waals surface area contributed by atoms with E-state index in [2.05, 4.69) is 27.7 Å². The number of ether oxygens (including phenoxy) is 3. The van der Waals surface area contributed by atoms with Crippen molar-refractivity contribution in [3.8, 4) is 0 Å². The van der Waals surface area contributed by atoms with E-state index in [1.807, 2.05) is 6.92 Å². The van der Waals surface area contributed by atoms with Crippen molar-refractivity contribution < 1.29 is 33.7 Å². The van der Waals surface area contributed by atoms with E-state index in [4.69, 9.17) is 19.3 Å². The monoisotopic (exact) mass is 466 g/mol. The zero-order valence-corrected chi connectivity index (χ0v) is 20.8. The van der Waals surface area contributed by atoms with Gasteiger partial charge >= 0.3 is 17.9 Å². The van der Waals surface area contributed by atoms with E-state index in [1.165, 1.54) is 6.42 Å². The first-order valence-corrected chi connectivity index (χ1v) is 12.8. The van der Waals surface area contributed by atoms with Gasteiger partial charge in [-0.15, -0.1) is 0 Å². The Morgan fingerprint density at radius 1 is 0.727 bits per heavy atom. The molecule has 10 atom stereocenters. The number of aliphatic carboxylic acids is 1. The van der Waals surface area contributed by atoms with Crippen LogP contribution in [0.25, 0.3) is 0 Å². The molecule has 188 valence electrons. The molecule has 0 heterocycles. The second-order valence-electron chi connectivity index (χ2n) is 10.8. The molecule has 4 bridgehead atoms. The molecule has 10 unspecified atom stereocenters. The fraction of sp³-hybridized carbons (Fsp3) is 0.885. The van der Waals surface area contributed by atoms with E-state index in [1.54, 1.807) is 0 Å². The third kappa shape index (κ3) is 5.72. The minimum absolute atomic E-state index is 0.0101. The van der Waals surface area contributed by atoms with Gasteiger partial charge in [0.05, 0.1) is 18.4 Å². The zero-order valence-electron chi connectivity index (χ0n) is 20.8. The van der Waals surface area contributed by atoms with Crippen LogP contribution in [0.5, 0.6) is 0 Å². The molecule has 33 heavy (non-hydrogen) atoms. The third-order valence-electron chi connectivity index (χ3n) is 9.41. The molecule has 0 radical (unpaired) electrons. The number of carboxylic acid groups (broad SMARTS) is 1. The van der Waals surface area contributed by atoms with Crippen molar-refractivity contribution >= 4 is 17.9 Å². The molecule has 4 saturated carbocycles. The van der Waals surface area contributed by atoms with E-state index in [-0.39, 0.29) is 23.8 Å². The van der Waals surface area contributed by atoms with Gasteiger partial charge in [-0.1, -0.05) is 27.7 Å². The lowest BCUT2D eigenvalue weighted by Crippen LogP contribution is -2.31. The summed E-state index contributed by atoms with van der Waals surface area (Å²) in [6.07, 6.45) is 4.26. The lowest BCUT2D eigenvalue weighted by atomic mass is 9.76. The Morgan fingerprint density at radius 2 is 1.21 bits per heavy atom. The fourth-order valence-corrected chi connectivity index (χ4v) is 7.12. The Kier molecular flexibility index (Phi) is 8.82. The Labute approximate surface area is 197 Å². The van der Waals surface area contributed by atoms with Crippen molar-refractivity contribution in [2.24, 2.45) is 59.2 Å². The van der Waals surface area contributed by atoms with Crippen molar-refractivity contribution in [1.82, 2.24) is 0 Å². The van der Waals surface area contributed by atoms with Crippen LogP contribution in [0, 0.1) is 59.2 Å². The first kappa shape index (κ1) is 26.0. The van der Waals surface area contributed by atoms with E-state index in [0.717, 1.165) is 31.1 Å². The van der Waals surface area contributed by atoms with Crippen molar-refractivity contribution in [2.75, 3.05) is 26.4 Å². The van der Waals surface area contributed by atoms with Gasteiger partial charge in [0.2, 0.25) is 0 Å². The molecule has 0 aromatic carbocycles. The van der Waals surface area contributed by atoms with Gasteiger partial charge in [0.25, 0.3) is 0 Å². The van der Waals surface area contributed by atoms with E-state index in [0.29, 0.717) is 55.3 Å². The van der Waals surface area contributed by atoms with E-state index < -0.39 is 12.6 Å². The van der Waals surface area contributed by atoms with Gasteiger partial charge in [0.1, 0.15) is 6.61 Å².